The van der Waals surface area contributed by atoms with Crippen LogP contribution >= 0.6 is 0 Å². The lowest BCUT2D eigenvalue weighted by Crippen LogP contribution is -2.34. The molecule has 0 N–H and O–H groups in total. The van der Waals surface area contributed by atoms with Gasteiger partial charge in [0.2, 0.25) is 6.85 Å². The summed E-state index contributed by atoms with van der Waals surface area (Å²) in [6.07, 6.45) is 0. The van der Waals surface area contributed by atoms with Gasteiger partial charge in [-0.15, -0.1) is 0 Å². The van der Waals surface area contributed by atoms with Crippen molar-refractivity contribution in [3.8, 4) is 0 Å². The third kappa shape index (κ3) is 0.910. The van der Waals surface area contributed by atoms with E-state index in [0.29, 0.717) is 12.9 Å². The molecule has 0 radical (unpaired) electrons. The lowest BCUT2D eigenvalue weighted by molar-refractivity contribution is 0.470. The fourth-order valence-electron chi connectivity index (χ4n) is 1.61. The molecule has 0 bridgehead atoms. The summed E-state index contributed by atoms with van der Waals surface area (Å²) in [5, 5.41) is 0. The molecule has 10 heavy (non-hydrogen) atoms. The van der Waals surface area contributed by atoms with Gasteiger partial charge in [0, 0.05) is 6.04 Å². The largest absolute Gasteiger partial charge is 0.335 e. The first-order valence-electron chi connectivity index (χ1n) is 3.95. The Labute approximate surface area is 64.2 Å². The average molecular weight is 137 g/mol. The Hall–Kier alpha value is -0.235. The zero-order valence-corrected chi connectivity index (χ0v) is 7.60. The van der Waals surface area contributed by atoms with Gasteiger partial charge in [0.1, 0.15) is 0 Å². The standard InChI is InChI=1S/C8H16BN/c1-6-7(2)9(4)10(5)8(6)3/h8H,1-5H3. The molecule has 56 valence electrons. The number of nitrogens with zero attached hydrogens (tertiary/aromatic N) is 1. The Balaban J connectivity index is 2.88. The van der Waals surface area contributed by atoms with Crippen molar-refractivity contribution in [3.05, 3.63) is 11.0 Å². The topological polar surface area (TPSA) is 3.24 Å². The van der Waals surface area contributed by atoms with Gasteiger partial charge in [-0.1, -0.05) is 24.8 Å². The van der Waals surface area contributed by atoms with Crippen LogP contribution in [0.25, 0.3) is 0 Å². The smallest absolute Gasteiger partial charge is 0.250 e. The summed E-state index contributed by atoms with van der Waals surface area (Å²) in [6, 6.07) is 0.648. The molecular formula is C8H16BN. The number of hydrogen-bond donors (Lipinski definition) is 0. The van der Waals surface area contributed by atoms with Crippen LogP contribution < -0.4 is 0 Å². The third-order valence-electron chi connectivity index (χ3n) is 3.10. The van der Waals surface area contributed by atoms with E-state index in [0.717, 1.165) is 0 Å². The fraction of sp³-hybridized carbons (Fsp3) is 0.750. The van der Waals surface area contributed by atoms with Crippen LogP contribution in [0.2, 0.25) is 6.82 Å². The van der Waals surface area contributed by atoms with Crippen molar-refractivity contribution in [1.82, 2.24) is 4.81 Å². The second kappa shape index (κ2) is 2.42. The third-order valence-corrected chi connectivity index (χ3v) is 3.10. The zero-order chi connectivity index (χ0) is 7.89. The first-order valence-corrected chi connectivity index (χ1v) is 3.95. The van der Waals surface area contributed by atoms with E-state index in [1.165, 1.54) is 0 Å². The minimum Gasteiger partial charge on any atom is -0.335 e. The predicted molar refractivity (Wildman–Crippen MR) is 47.2 cm³/mol. The molecule has 2 heteroatoms. The van der Waals surface area contributed by atoms with Crippen LogP contribution in [0.15, 0.2) is 11.0 Å². The second-order valence-electron chi connectivity index (χ2n) is 3.38. The molecule has 0 saturated carbocycles. The van der Waals surface area contributed by atoms with E-state index < -0.39 is 0 Å². The van der Waals surface area contributed by atoms with Crippen LogP contribution in [-0.2, 0) is 0 Å². The van der Waals surface area contributed by atoms with Crippen molar-refractivity contribution in [1.29, 1.82) is 0 Å². The molecule has 0 saturated heterocycles. The predicted octanol–water partition coefficient (Wildman–Crippen LogP) is 1.82. The highest BCUT2D eigenvalue weighted by Crippen LogP contribution is 2.24. The van der Waals surface area contributed by atoms with Gasteiger partial charge in [-0.2, -0.15) is 0 Å². The average Bonchev–Trinajstić information content (AvgIpc) is 2.07. The Morgan fingerprint density at radius 2 is 1.90 bits per heavy atom. The van der Waals surface area contributed by atoms with Gasteiger partial charge >= 0.3 is 0 Å². The van der Waals surface area contributed by atoms with Crippen LogP contribution in [0, 0.1) is 0 Å². The van der Waals surface area contributed by atoms with Gasteiger partial charge in [-0.3, -0.25) is 0 Å². The van der Waals surface area contributed by atoms with Crippen LogP contribution in [0.3, 0.4) is 0 Å². The van der Waals surface area contributed by atoms with E-state index in [9.17, 15) is 0 Å². The van der Waals surface area contributed by atoms with Gasteiger partial charge in [0.05, 0.1) is 0 Å². The fourth-order valence-corrected chi connectivity index (χ4v) is 1.61. The van der Waals surface area contributed by atoms with Crippen molar-refractivity contribution in [2.45, 2.75) is 33.6 Å². The van der Waals surface area contributed by atoms with Crippen LogP contribution in [-0.4, -0.2) is 24.7 Å². The van der Waals surface area contributed by atoms with E-state index in [1.54, 1.807) is 11.0 Å². The van der Waals surface area contributed by atoms with Crippen molar-refractivity contribution in [2.75, 3.05) is 7.05 Å². The van der Waals surface area contributed by atoms with E-state index in [4.69, 9.17) is 0 Å². The Bertz CT molecular complexity index is 156. The molecule has 0 spiro atoms. The molecule has 1 aliphatic rings. The number of likely N-dealkylation sites (N-methyl/N-ethyl adjacent to an activating group) is 1. The molecule has 1 heterocycles. The molecule has 1 atom stereocenters. The summed E-state index contributed by atoms with van der Waals surface area (Å²) in [6.45, 7) is 9.65. The SMILES string of the molecule is CB1C(C)=C(C)C(C)N1C. The molecular weight excluding hydrogens is 121 g/mol. The zero-order valence-electron chi connectivity index (χ0n) is 7.60. The monoisotopic (exact) mass is 137 g/mol. The number of hydrogen-bond acceptors (Lipinski definition) is 1. The molecule has 0 aromatic carbocycles. The summed E-state index contributed by atoms with van der Waals surface area (Å²) in [5.41, 5.74) is 3.10. The molecule has 1 aliphatic heterocycles. The van der Waals surface area contributed by atoms with Gasteiger partial charge in [0.25, 0.3) is 0 Å². The molecule has 0 aliphatic carbocycles. The minimum absolute atomic E-state index is 0.648. The molecule has 1 unspecified atom stereocenters. The summed E-state index contributed by atoms with van der Waals surface area (Å²) < 4.78 is 0. The van der Waals surface area contributed by atoms with Crippen molar-refractivity contribution in [3.63, 3.8) is 0 Å². The van der Waals surface area contributed by atoms with E-state index >= 15 is 0 Å². The summed E-state index contributed by atoms with van der Waals surface area (Å²) in [4.78, 5) is 2.41. The molecule has 1 rings (SSSR count). The molecule has 0 fully saturated rings. The maximum absolute atomic E-state index is 2.41. The van der Waals surface area contributed by atoms with Crippen LogP contribution in [0.4, 0.5) is 0 Å². The minimum atomic E-state index is 0.648. The number of allylic oxidation sites excluding steroid dienone is 1. The molecule has 1 nitrogen and oxygen atoms in total. The van der Waals surface area contributed by atoms with Gasteiger partial charge < -0.3 is 4.81 Å². The highest BCUT2D eigenvalue weighted by atomic mass is 15.1. The van der Waals surface area contributed by atoms with Crippen LogP contribution in [0.5, 0.6) is 0 Å². The summed E-state index contributed by atoms with van der Waals surface area (Å²) >= 11 is 0. The van der Waals surface area contributed by atoms with E-state index in [2.05, 4.69) is 39.5 Å². The molecule has 0 amide bonds. The lowest BCUT2D eigenvalue weighted by Gasteiger charge is -2.20. The molecule has 0 aromatic rings. The van der Waals surface area contributed by atoms with Gasteiger partial charge in [0.15, 0.2) is 0 Å². The maximum atomic E-state index is 2.41. The molecule has 0 aromatic heterocycles. The first kappa shape index (κ1) is 7.87. The lowest BCUT2D eigenvalue weighted by atomic mass is 9.58. The van der Waals surface area contributed by atoms with Gasteiger partial charge in [-0.05, 0) is 20.9 Å². The second-order valence-corrected chi connectivity index (χ2v) is 3.38. The summed E-state index contributed by atoms with van der Waals surface area (Å²) in [7, 11) is 2.19. The van der Waals surface area contributed by atoms with E-state index in [-0.39, 0.29) is 0 Å². The normalized spacial score (nSPS) is 28.5. The highest BCUT2D eigenvalue weighted by Gasteiger charge is 2.30. The quantitative estimate of drug-likeness (QED) is 0.460. The maximum Gasteiger partial charge on any atom is 0.250 e. The Morgan fingerprint density at radius 1 is 1.40 bits per heavy atom. The summed E-state index contributed by atoms with van der Waals surface area (Å²) in [5.74, 6) is 0. The Kier molecular flexibility index (Phi) is 1.91. The van der Waals surface area contributed by atoms with Crippen molar-refractivity contribution < 1.29 is 0 Å². The van der Waals surface area contributed by atoms with Crippen molar-refractivity contribution >= 4 is 6.85 Å². The Morgan fingerprint density at radius 3 is 2.00 bits per heavy atom. The first-order chi connectivity index (χ1) is 4.55. The van der Waals surface area contributed by atoms with Crippen LogP contribution in [0.1, 0.15) is 20.8 Å². The number of rotatable bonds is 0. The highest BCUT2D eigenvalue weighted by molar-refractivity contribution is 6.63. The van der Waals surface area contributed by atoms with E-state index in [1.807, 2.05) is 0 Å². The van der Waals surface area contributed by atoms with Crippen molar-refractivity contribution in [2.24, 2.45) is 0 Å². The van der Waals surface area contributed by atoms with Gasteiger partial charge in [-0.25, -0.2) is 0 Å².